The Kier molecular flexibility index (Phi) is 7.36. The molecule has 0 aromatic carbocycles. The maximum absolute atomic E-state index is 12.1. The van der Waals surface area contributed by atoms with Crippen LogP contribution >= 0.6 is 11.6 Å². The summed E-state index contributed by atoms with van der Waals surface area (Å²) in [5.41, 5.74) is -0.788. The van der Waals surface area contributed by atoms with Crippen LogP contribution < -0.4 is 0 Å². The van der Waals surface area contributed by atoms with Gasteiger partial charge < -0.3 is 23.7 Å². The third-order valence-electron chi connectivity index (χ3n) is 5.26. The molecule has 0 aromatic heterocycles. The van der Waals surface area contributed by atoms with Crippen molar-refractivity contribution in [2.24, 2.45) is 10.8 Å². The predicted octanol–water partition coefficient (Wildman–Crippen LogP) is 3.14. The molecule has 2 fully saturated rings. The van der Waals surface area contributed by atoms with Crippen molar-refractivity contribution in [1.29, 1.82) is 0 Å². The second-order valence-corrected chi connectivity index (χ2v) is 9.08. The van der Waals surface area contributed by atoms with Gasteiger partial charge in [-0.1, -0.05) is 13.8 Å². The minimum absolute atomic E-state index is 0.0430. The van der Waals surface area contributed by atoms with Crippen LogP contribution in [0.15, 0.2) is 0 Å². The molecule has 152 valence electrons. The van der Waals surface area contributed by atoms with E-state index in [0.29, 0.717) is 5.88 Å². The molecule has 0 N–H and O–H groups in total. The second-order valence-electron chi connectivity index (χ2n) is 8.70. The molecule has 0 amide bonds. The molecule has 0 aliphatic carbocycles. The van der Waals surface area contributed by atoms with Gasteiger partial charge in [0.2, 0.25) is 0 Å². The van der Waals surface area contributed by atoms with Gasteiger partial charge >= 0.3 is 5.97 Å². The average Bonchev–Trinajstić information content (AvgIpc) is 2.56. The van der Waals surface area contributed by atoms with Gasteiger partial charge in [-0.2, -0.15) is 0 Å². The van der Waals surface area contributed by atoms with Gasteiger partial charge in [0, 0.05) is 18.4 Å². The number of hydrogen-bond acceptors (Lipinski definition) is 6. The van der Waals surface area contributed by atoms with E-state index in [0.717, 1.165) is 12.8 Å². The molecule has 7 heteroatoms. The Morgan fingerprint density at radius 3 is 2.50 bits per heavy atom. The molecule has 2 saturated heterocycles. The van der Waals surface area contributed by atoms with Crippen LogP contribution in [0.4, 0.5) is 0 Å². The number of hydrogen-bond donors (Lipinski definition) is 0. The highest BCUT2D eigenvalue weighted by atomic mass is 35.5. The molecular weight excluding hydrogens is 360 g/mol. The Hall–Kier alpha value is -0.400. The molecule has 2 aliphatic rings. The smallest absolute Gasteiger partial charge is 0.311 e. The minimum atomic E-state index is -0.558. The SMILES string of the molecule is CO[C@@H]1[C@H]2OCO[C@H](COC(=O)C(C)(C)C)[C@H]2O[C@H](CCCCl)C1(C)C. The van der Waals surface area contributed by atoms with Gasteiger partial charge in [-0.25, -0.2) is 0 Å². The summed E-state index contributed by atoms with van der Waals surface area (Å²) in [5, 5.41) is 0. The Morgan fingerprint density at radius 1 is 1.23 bits per heavy atom. The molecule has 2 rings (SSSR count). The van der Waals surface area contributed by atoms with E-state index in [1.165, 1.54) is 0 Å². The predicted molar refractivity (Wildman–Crippen MR) is 98.2 cm³/mol. The van der Waals surface area contributed by atoms with Crippen molar-refractivity contribution in [3.63, 3.8) is 0 Å². The van der Waals surface area contributed by atoms with Crippen molar-refractivity contribution in [3.8, 4) is 0 Å². The van der Waals surface area contributed by atoms with Crippen LogP contribution in [0.1, 0.15) is 47.5 Å². The molecule has 0 saturated carbocycles. The molecular formula is C19H33ClO6. The number of fused-ring (bicyclic) bond motifs is 1. The van der Waals surface area contributed by atoms with E-state index in [4.69, 9.17) is 35.3 Å². The Balaban J connectivity index is 2.13. The fourth-order valence-electron chi connectivity index (χ4n) is 3.66. The van der Waals surface area contributed by atoms with E-state index >= 15 is 0 Å². The highest BCUT2D eigenvalue weighted by molar-refractivity contribution is 6.17. The number of rotatable bonds is 6. The Labute approximate surface area is 161 Å². The first-order valence-electron chi connectivity index (χ1n) is 9.27. The van der Waals surface area contributed by atoms with Crippen LogP contribution in [0.2, 0.25) is 0 Å². The largest absolute Gasteiger partial charge is 0.462 e. The fourth-order valence-corrected chi connectivity index (χ4v) is 3.81. The quantitative estimate of drug-likeness (QED) is 0.511. The lowest BCUT2D eigenvalue weighted by molar-refractivity contribution is -0.330. The van der Waals surface area contributed by atoms with Crippen molar-refractivity contribution >= 4 is 17.6 Å². The fraction of sp³-hybridized carbons (Fsp3) is 0.947. The van der Waals surface area contributed by atoms with E-state index in [1.807, 2.05) is 20.8 Å². The second kappa shape index (κ2) is 8.74. The lowest BCUT2D eigenvalue weighted by Gasteiger charge is -2.54. The first-order chi connectivity index (χ1) is 12.1. The molecule has 5 atom stereocenters. The summed E-state index contributed by atoms with van der Waals surface area (Å²) in [6.07, 6.45) is 0.490. The average molecular weight is 393 g/mol. The first-order valence-corrected chi connectivity index (χ1v) is 9.81. The van der Waals surface area contributed by atoms with Crippen molar-refractivity contribution < 1.29 is 28.5 Å². The molecule has 0 radical (unpaired) electrons. The zero-order valence-corrected chi connectivity index (χ0v) is 17.5. The van der Waals surface area contributed by atoms with Gasteiger partial charge in [0.15, 0.2) is 0 Å². The molecule has 2 heterocycles. The number of carbonyl (C=O) groups is 1. The Morgan fingerprint density at radius 2 is 1.92 bits per heavy atom. The van der Waals surface area contributed by atoms with E-state index in [2.05, 4.69) is 13.8 Å². The van der Waals surface area contributed by atoms with Crippen molar-refractivity contribution in [2.45, 2.75) is 78.0 Å². The van der Waals surface area contributed by atoms with E-state index in [9.17, 15) is 4.79 Å². The lowest BCUT2D eigenvalue weighted by Crippen LogP contribution is -2.66. The number of methoxy groups -OCH3 is 1. The van der Waals surface area contributed by atoms with Crippen molar-refractivity contribution in [2.75, 3.05) is 26.4 Å². The zero-order chi connectivity index (χ0) is 19.5. The van der Waals surface area contributed by atoms with Crippen LogP contribution in [-0.2, 0) is 28.5 Å². The van der Waals surface area contributed by atoms with Gasteiger partial charge in [0.1, 0.15) is 31.7 Å². The number of halogens is 1. The molecule has 0 aromatic rings. The topological polar surface area (TPSA) is 63.2 Å². The standard InChI is InChI=1S/C19H33ClO6/c1-18(2,3)17(21)23-10-12-14-15(25-11-24-12)16(22-6)19(4,5)13(26-14)8-7-9-20/h12-16H,7-11H2,1-6H3/t12-,13-,14-,15+,16-/m1/s1. The zero-order valence-electron chi connectivity index (χ0n) is 16.7. The summed E-state index contributed by atoms with van der Waals surface area (Å²) >= 11 is 5.88. The molecule has 2 aliphatic heterocycles. The maximum Gasteiger partial charge on any atom is 0.311 e. The summed E-state index contributed by atoms with van der Waals surface area (Å²) < 4.78 is 29.2. The molecule has 6 nitrogen and oxygen atoms in total. The molecule has 0 unspecified atom stereocenters. The van der Waals surface area contributed by atoms with Crippen LogP contribution in [0.25, 0.3) is 0 Å². The van der Waals surface area contributed by atoms with Gasteiger partial charge in [0.25, 0.3) is 0 Å². The summed E-state index contributed by atoms with van der Waals surface area (Å²) in [5.74, 6) is 0.323. The van der Waals surface area contributed by atoms with Crippen molar-refractivity contribution in [1.82, 2.24) is 0 Å². The normalized spacial score (nSPS) is 34.2. The summed E-state index contributed by atoms with van der Waals surface area (Å²) in [6, 6.07) is 0. The van der Waals surface area contributed by atoms with Crippen LogP contribution in [0.5, 0.6) is 0 Å². The van der Waals surface area contributed by atoms with Gasteiger partial charge in [0.05, 0.1) is 17.6 Å². The summed E-state index contributed by atoms with van der Waals surface area (Å²) in [4.78, 5) is 12.1. The number of alkyl halides is 1. The monoisotopic (exact) mass is 392 g/mol. The van der Waals surface area contributed by atoms with E-state index in [-0.39, 0.29) is 55.3 Å². The molecule has 0 bridgehead atoms. The number of ether oxygens (including phenoxy) is 5. The minimum Gasteiger partial charge on any atom is -0.462 e. The van der Waals surface area contributed by atoms with Crippen LogP contribution in [0, 0.1) is 10.8 Å². The third kappa shape index (κ3) is 4.71. The number of esters is 1. The van der Waals surface area contributed by atoms with Crippen molar-refractivity contribution in [3.05, 3.63) is 0 Å². The molecule has 26 heavy (non-hydrogen) atoms. The Bertz CT molecular complexity index is 475. The van der Waals surface area contributed by atoms with Crippen LogP contribution in [-0.4, -0.2) is 62.9 Å². The third-order valence-corrected chi connectivity index (χ3v) is 5.53. The van der Waals surface area contributed by atoms with E-state index in [1.54, 1.807) is 7.11 Å². The highest BCUT2D eigenvalue weighted by Crippen LogP contribution is 2.43. The maximum atomic E-state index is 12.1. The summed E-state index contributed by atoms with van der Waals surface area (Å²) in [6.45, 7) is 10.0. The van der Waals surface area contributed by atoms with E-state index < -0.39 is 5.41 Å². The highest BCUT2D eigenvalue weighted by Gasteiger charge is 2.55. The van der Waals surface area contributed by atoms with Gasteiger partial charge in [-0.05, 0) is 33.6 Å². The van der Waals surface area contributed by atoms with Gasteiger partial charge in [-0.15, -0.1) is 11.6 Å². The molecule has 0 spiro atoms. The summed E-state index contributed by atoms with van der Waals surface area (Å²) in [7, 11) is 1.70. The lowest BCUT2D eigenvalue weighted by atomic mass is 9.72. The van der Waals surface area contributed by atoms with Gasteiger partial charge in [-0.3, -0.25) is 4.79 Å². The number of carbonyl (C=O) groups excluding carboxylic acids is 1. The first kappa shape index (κ1) is 21.9. The van der Waals surface area contributed by atoms with Crippen LogP contribution in [0.3, 0.4) is 0 Å².